The maximum absolute atomic E-state index is 5.94. The lowest BCUT2D eigenvalue weighted by Gasteiger charge is -2.37. The molecule has 1 aromatic carbocycles. The quantitative estimate of drug-likeness (QED) is 0.940. The van der Waals surface area contributed by atoms with Crippen molar-refractivity contribution < 1.29 is 4.52 Å². The highest BCUT2D eigenvalue weighted by atomic mass is 16.5. The van der Waals surface area contributed by atoms with Crippen LogP contribution in [0.2, 0.25) is 0 Å². The van der Waals surface area contributed by atoms with Crippen LogP contribution in [0.25, 0.3) is 0 Å². The van der Waals surface area contributed by atoms with Crippen LogP contribution >= 0.6 is 0 Å². The third-order valence-electron chi connectivity index (χ3n) is 5.28. The van der Waals surface area contributed by atoms with E-state index >= 15 is 0 Å². The van der Waals surface area contributed by atoms with Gasteiger partial charge in [-0.3, -0.25) is 0 Å². The lowest BCUT2D eigenvalue weighted by Crippen LogP contribution is -2.41. The molecule has 1 unspecified atom stereocenters. The molecule has 1 atom stereocenters. The molecule has 0 radical (unpaired) electrons. The van der Waals surface area contributed by atoms with Crippen molar-refractivity contribution in [2.75, 3.05) is 6.54 Å². The van der Waals surface area contributed by atoms with E-state index in [1.165, 1.54) is 24.0 Å². The van der Waals surface area contributed by atoms with Crippen molar-refractivity contribution in [2.24, 2.45) is 5.73 Å². The molecule has 2 aromatic rings. The third-order valence-corrected chi connectivity index (χ3v) is 5.28. The molecule has 0 spiro atoms. The van der Waals surface area contributed by atoms with E-state index in [-0.39, 0.29) is 11.3 Å². The molecule has 0 aliphatic heterocycles. The summed E-state index contributed by atoms with van der Waals surface area (Å²) in [7, 11) is 0. The number of nitrogens with zero attached hydrogens (tertiary/aromatic N) is 2. The largest absolute Gasteiger partial charge is 0.339 e. The lowest BCUT2D eigenvalue weighted by atomic mass is 9.68. The minimum atomic E-state index is -0.0422. The summed E-state index contributed by atoms with van der Waals surface area (Å²) in [4.78, 5) is 4.74. The Hall–Kier alpha value is -1.68. The predicted octanol–water partition coefficient (Wildman–Crippen LogP) is 2.92. The second-order valence-electron chi connectivity index (χ2n) is 6.44. The minimum Gasteiger partial charge on any atom is -0.339 e. The SMILES string of the molecule is NCC1(c2nc(C3CCCc4ccccc43)no2)CCC1. The van der Waals surface area contributed by atoms with Crippen molar-refractivity contribution in [2.45, 2.75) is 49.9 Å². The molecule has 2 N–H and O–H groups in total. The molecular formula is C17H21N3O. The summed E-state index contributed by atoms with van der Waals surface area (Å²) in [6.45, 7) is 0.607. The second kappa shape index (κ2) is 4.95. The summed E-state index contributed by atoms with van der Waals surface area (Å²) in [6, 6.07) is 8.64. The van der Waals surface area contributed by atoms with E-state index in [9.17, 15) is 0 Å². The zero-order valence-corrected chi connectivity index (χ0v) is 12.2. The lowest BCUT2D eigenvalue weighted by molar-refractivity contribution is 0.181. The molecule has 2 aliphatic rings. The molecular weight excluding hydrogens is 262 g/mol. The highest BCUT2D eigenvalue weighted by Gasteiger charge is 2.43. The van der Waals surface area contributed by atoms with Crippen LogP contribution in [0.3, 0.4) is 0 Å². The molecule has 21 heavy (non-hydrogen) atoms. The normalized spacial score (nSPS) is 23.4. The first-order valence-electron chi connectivity index (χ1n) is 7.94. The maximum atomic E-state index is 5.94. The van der Waals surface area contributed by atoms with E-state index in [1.807, 2.05) is 0 Å². The monoisotopic (exact) mass is 283 g/mol. The number of hydrogen-bond donors (Lipinski definition) is 1. The Morgan fingerprint density at radius 3 is 2.86 bits per heavy atom. The molecule has 1 heterocycles. The molecule has 1 saturated carbocycles. The average Bonchev–Trinajstić information content (AvgIpc) is 2.96. The van der Waals surface area contributed by atoms with Crippen LogP contribution in [-0.2, 0) is 11.8 Å². The molecule has 1 aromatic heterocycles. The summed E-state index contributed by atoms with van der Waals surface area (Å²) < 4.78 is 5.59. The molecule has 0 bridgehead atoms. The van der Waals surface area contributed by atoms with Crippen molar-refractivity contribution >= 4 is 0 Å². The smallest absolute Gasteiger partial charge is 0.234 e. The molecule has 4 heteroatoms. The fourth-order valence-electron chi connectivity index (χ4n) is 3.72. The number of rotatable bonds is 3. The fourth-order valence-corrected chi connectivity index (χ4v) is 3.72. The predicted molar refractivity (Wildman–Crippen MR) is 80.1 cm³/mol. The van der Waals surface area contributed by atoms with Gasteiger partial charge >= 0.3 is 0 Å². The Kier molecular flexibility index (Phi) is 3.07. The fraction of sp³-hybridized carbons (Fsp3) is 0.529. The Balaban J connectivity index is 1.68. The Morgan fingerprint density at radius 1 is 1.24 bits per heavy atom. The van der Waals surface area contributed by atoms with Crippen molar-refractivity contribution in [1.82, 2.24) is 10.1 Å². The first kappa shape index (κ1) is 13.0. The Morgan fingerprint density at radius 2 is 2.10 bits per heavy atom. The van der Waals surface area contributed by atoms with Gasteiger partial charge in [0.25, 0.3) is 0 Å². The van der Waals surface area contributed by atoms with Gasteiger partial charge in [0.1, 0.15) is 0 Å². The minimum absolute atomic E-state index is 0.0422. The number of aryl methyl sites for hydroxylation is 1. The Labute approximate surface area is 124 Å². The van der Waals surface area contributed by atoms with Crippen molar-refractivity contribution in [3.8, 4) is 0 Å². The summed E-state index contributed by atoms with van der Waals surface area (Å²) in [5, 5.41) is 4.29. The summed E-state index contributed by atoms with van der Waals surface area (Å²) in [6.07, 6.45) is 6.81. The number of benzene rings is 1. The van der Waals surface area contributed by atoms with Gasteiger partial charge in [0.05, 0.1) is 5.41 Å². The van der Waals surface area contributed by atoms with E-state index < -0.39 is 0 Å². The standard InChI is InChI=1S/C17H21N3O/c18-11-17(9-4-10-17)16-19-15(20-21-16)14-8-3-6-12-5-1-2-7-13(12)14/h1-2,5,7,14H,3-4,6,8-11,18H2. The molecule has 4 nitrogen and oxygen atoms in total. The highest BCUT2D eigenvalue weighted by molar-refractivity contribution is 5.36. The topological polar surface area (TPSA) is 64.9 Å². The first-order valence-corrected chi connectivity index (χ1v) is 7.94. The van der Waals surface area contributed by atoms with E-state index in [0.717, 1.165) is 37.4 Å². The van der Waals surface area contributed by atoms with Crippen LogP contribution in [0, 0.1) is 0 Å². The zero-order valence-electron chi connectivity index (χ0n) is 12.2. The molecule has 4 rings (SSSR count). The molecule has 110 valence electrons. The summed E-state index contributed by atoms with van der Waals surface area (Å²) in [5.74, 6) is 1.88. The number of fused-ring (bicyclic) bond motifs is 1. The third kappa shape index (κ3) is 2.01. The van der Waals surface area contributed by atoms with Gasteiger partial charge < -0.3 is 10.3 Å². The van der Waals surface area contributed by atoms with Gasteiger partial charge in [0.2, 0.25) is 5.89 Å². The van der Waals surface area contributed by atoms with E-state index in [4.69, 9.17) is 15.2 Å². The maximum Gasteiger partial charge on any atom is 0.234 e. The van der Waals surface area contributed by atoms with Crippen LogP contribution in [0.15, 0.2) is 28.8 Å². The number of aromatic nitrogens is 2. The molecule has 2 aliphatic carbocycles. The van der Waals surface area contributed by atoms with Gasteiger partial charge in [-0.1, -0.05) is 35.8 Å². The summed E-state index contributed by atoms with van der Waals surface area (Å²) >= 11 is 0. The van der Waals surface area contributed by atoms with Crippen LogP contribution in [0.1, 0.15) is 60.9 Å². The summed E-state index contributed by atoms with van der Waals surface area (Å²) in [5.41, 5.74) is 8.69. The van der Waals surface area contributed by atoms with Crippen LogP contribution < -0.4 is 5.73 Å². The van der Waals surface area contributed by atoms with Gasteiger partial charge in [0.15, 0.2) is 5.82 Å². The van der Waals surface area contributed by atoms with E-state index in [0.29, 0.717) is 6.54 Å². The number of hydrogen-bond acceptors (Lipinski definition) is 4. The van der Waals surface area contributed by atoms with Gasteiger partial charge in [-0.05, 0) is 43.2 Å². The highest BCUT2D eigenvalue weighted by Crippen LogP contribution is 2.43. The van der Waals surface area contributed by atoms with Gasteiger partial charge in [-0.2, -0.15) is 4.98 Å². The van der Waals surface area contributed by atoms with Gasteiger partial charge in [-0.15, -0.1) is 0 Å². The van der Waals surface area contributed by atoms with Crippen LogP contribution in [0.5, 0.6) is 0 Å². The van der Waals surface area contributed by atoms with Crippen molar-refractivity contribution in [1.29, 1.82) is 0 Å². The second-order valence-corrected chi connectivity index (χ2v) is 6.44. The van der Waals surface area contributed by atoms with Crippen LogP contribution in [-0.4, -0.2) is 16.7 Å². The molecule has 0 saturated heterocycles. The van der Waals surface area contributed by atoms with Gasteiger partial charge in [-0.25, -0.2) is 0 Å². The molecule has 1 fully saturated rings. The van der Waals surface area contributed by atoms with E-state index in [2.05, 4.69) is 29.4 Å². The van der Waals surface area contributed by atoms with Crippen LogP contribution in [0.4, 0.5) is 0 Å². The number of nitrogens with two attached hydrogens (primary N) is 1. The van der Waals surface area contributed by atoms with Crippen molar-refractivity contribution in [3.05, 3.63) is 47.1 Å². The zero-order chi connectivity index (χ0) is 14.3. The average molecular weight is 283 g/mol. The van der Waals surface area contributed by atoms with Crippen molar-refractivity contribution in [3.63, 3.8) is 0 Å². The van der Waals surface area contributed by atoms with Gasteiger partial charge in [0, 0.05) is 12.5 Å². The molecule has 0 amide bonds. The first-order chi connectivity index (χ1) is 10.3. The Bertz CT molecular complexity index is 639. The van der Waals surface area contributed by atoms with E-state index in [1.54, 1.807) is 0 Å².